The molecular weight excluding hydrogens is 346 g/mol. The number of carbonyl (C=O) groups excluding carboxylic acids is 1. The number of nitrogens with zero attached hydrogens (tertiary/aromatic N) is 3. The molecule has 1 aliphatic carbocycles. The number of amides is 1. The van der Waals surface area contributed by atoms with Gasteiger partial charge in [0.25, 0.3) is 0 Å². The van der Waals surface area contributed by atoms with Gasteiger partial charge in [0.15, 0.2) is 0 Å². The molecule has 2 aromatic rings. The van der Waals surface area contributed by atoms with E-state index in [1.54, 1.807) is 19.4 Å². The number of halogens is 1. The van der Waals surface area contributed by atoms with Gasteiger partial charge in [0.05, 0.1) is 19.3 Å². The first-order valence-electron chi connectivity index (χ1n) is 8.09. The zero-order valence-electron chi connectivity index (χ0n) is 13.8. The van der Waals surface area contributed by atoms with Crippen molar-refractivity contribution in [1.29, 1.82) is 0 Å². The molecule has 134 valence electrons. The van der Waals surface area contributed by atoms with E-state index in [0.717, 1.165) is 5.56 Å². The maximum atomic E-state index is 12.3. The monoisotopic (exact) mass is 365 g/mol. The molecule has 1 atom stereocenters. The van der Waals surface area contributed by atoms with Gasteiger partial charge in [0.2, 0.25) is 17.1 Å². The van der Waals surface area contributed by atoms with Crippen molar-refractivity contribution in [3.63, 3.8) is 0 Å². The minimum Gasteiger partial charge on any atom is -0.481 e. The zero-order valence-corrected chi connectivity index (χ0v) is 14.5. The number of pyridine rings is 1. The van der Waals surface area contributed by atoms with Crippen LogP contribution >= 0.6 is 11.6 Å². The molecule has 2 heterocycles. The van der Waals surface area contributed by atoms with Crippen LogP contribution in [0, 0.1) is 5.92 Å². The van der Waals surface area contributed by atoms with Crippen LogP contribution in [-0.4, -0.2) is 44.4 Å². The summed E-state index contributed by atoms with van der Waals surface area (Å²) in [6.07, 6.45) is 3.41. The minimum atomic E-state index is -0.299. The molecule has 3 N–H and O–H groups in total. The highest BCUT2D eigenvalue weighted by Gasteiger charge is 2.35. The summed E-state index contributed by atoms with van der Waals surface area (Å²) in [6, 6.07) is 3.46. The predicted octanol–water partition coefficient (Wildman–Crippen LogP) is 1.42. The Morgan fingerprint density at radius 1 is 1.52 bits per heavy atom. The van der Waals surface area contributed by atoms with Gasteiger partial charge in [-0.15, -0.1) is 5.10 Å². The van der Waals surface area contributed by atoms with Gasteiger partial charge in [0.1, 0.15) is 5.82 Å². The van der Waals surface area contributed by atoms with Gasteiger partial charge in [-0.25, -0.2) is 9.97 Å². The van der Waals surface area contributed by atoms with E-state index in [-0.39, 0.29) is 35.7 Å². The van der Waals surface area contributed by atoms with Crippen LogP contribution < -0.4 is 10.1 Å². The van der Waals surface area contributed by atoms with Crippen molar-refractivity contribution in [2.75, 3.05) is 7.11 Å². The molecule has 1 saturated carbocycles. The van der Waals surface area contributed by atoms with E-state index in [1.165, 1.54) is 0 Å². The number of aliphatic hydroxyl groups is 1. The summed E-state index contributed by atoms with van der Waals surface area (Å²) in [5.41, 5.74) is 0.897. The number of nitrogens with one attached hydrogen (secondary N) is 2. The number of hydrogen-bond donors (Lipinski definition) is 3. The summed E-state index contributed by atoms with van der Waals surface area (Å²) in [4.78, 5) is 20.5. The Morgan fingerprint density at radius 3 is 2.88 bits per heavy atom. The Bertz CT molecular complexity index is 715. The molecule has 25 heavy (non-hydrogen) atoms. The van der Waals surface area contributed by atoms with E-state index in [0.29, 0.717) is 31.0 Å². The first-order valence-corrected chi connectivity index (χ1v) is 8.47. The second-order valence-electron chi connectivity index (χ2n) is 6.12. The van der Waals surface area contributed by atoms with Crippen LogP contribution in [0.3, 0.4) is 0 Å². The molecule has 9 heteroatoms. The van der Waals surface area contributed by atoms with Gasteiger partial charge in [-0.1, -0.05) is 6.07 Å². The molecule has 8 nitrogen and oxygen atoms in total. The standard InChI is InChI=1S/C16H20ClN5O3/c1-25-14-5-2-9(8-18-14)15(10-6-11(23)7-10)20-13(24)4-3-12-19-16(17)22-21-12/h2,5,8,10-11,15,23H,3-4,6-7H2,1H3,(H,20,24)(H,19,21,22)/t10?,11?,15-/m0/s1. The van der Waals surface area contributed by atoms with Gasteiger partial charge in [-0.3, -0.25) is 9.89 Å². The normalized spacial score (nSPS) is 20.6. The SMILES string of the molecule is COc1ccc([C@H](NC(=O)CCc2nc(Cl)n[nH]2)C2CC(O)C2)cn1. The van der Waals surface area contributed by atoms with Crippen LogP contribution in [0.25, 0.3) is 0 Å². The Hall–Kier alpha value is -2.19. The zero-order chi connectivity index (χ0) is 17.8. The number of H-pyrrole nitrogens is 1. The highest BCUT2D eigenvalue weighted by Crippen LogP contribution is 2.38. The topological polar surface area (TPSA) is 113 Å². The summed E-state index contributed by atoms with van der Waals surface area (Å²) in [6.45, 7) is 0. The fourth-order valence-corrected chi connectivity index (χ4v) is 3.08. The number of rotatable bonds is 7. The lowest BCUT2D eigenvalue weighted by atomic mass is 9.75. The van der Waals surface area contributed by atoms with Crippen molar-refractivity contribution in [1.82, 2.24) is 25.5 Å². The third kappa shape index (κ3) is 4.46. The van der Waals surface area contributed by atoms with Crippen molar-refractivity contribution >= 4 is 17.5 Å². The van der Waals surface area contributed by atoms with E-state index >= 15 is 0 Å². The fraction of sp³-hybridized carbons (Fsp3) is 0.500. The molecule has 2 aromatic heterocycles. The van der Waals surface area contributed by atoms with Crippen molar-refractivity contribution in [3.05, 3.63) is 35.0 Å². The van der Waals surface area contributed by atoms with E-state index in [1.807, 2.05) is 6.07 Å². The van der Waals surface area contributed by atoms with Gasteiger partial charge < -0.3 is 15.2 Å². The lowest BCUT2D eigenvalue weighted by Gasteiger charge is -2.38. The fourth-order valence-electron chi connectivity index (χ4n) is 2.93. The van der Waals surface area contributed by atoms with Crippen molar-refractivity contribution in [2.45, 2.75) is 37.8 Å². The van der Waals surface area contributed by atoms with E-state index < -0.39 is 0 Å². The van der Waals surface area contributed by atoms with Crippen LogP contribution in [0.1, 0.15) is 36.7 Å². The number of aromatic nitrogens is 4. The van der Waals surface area contributed by atoms with Crippen LogP contribution in [0.4, 0.5) is 0 Å². The summed E-state index contributed by atoms with van der Waals surface area (Å²) < 4.78 is 5.07. The lowest BCUT2D eigenvalue weighted by molar-refractivity contribution is -0.123. The van der Waals surface area contributed by atoms with Gasteiger partial charge in [-0.05, 0) is 35.9 Å². The Kier molecular flexibility index (Phi) is 5.50. The van der Waals surface area contributed by atoms with Crippen LogP contribution in [0.15, 0.2) is 18.3 Å². The molecule has 1 amide bonds. The Balaban J connectivity index is 1.63. The smallest absolute Gasteiger partial charge is 0.242 e. The van der Waals surface area contributed by atoms with Crippen LogP contribution in [0.2, 0.25) is 5.28 Å². The summed E-state index contributed by atoms with van der Waals surface area (Å²) in [7, 11) is 1.55. The minimum absolute atomic E-state index is 0.102. The number of aliphatic hydroxyl groups excluding tert-OH is 1. The third-order valence-corrected chi connectivity index (χ3v) is 4.53. The lowest BCUT2D eigenvalue weighted by Crippen LogP contribution is -2.41. The first kappa shape index (κ1) is 17.6. The number of ether oxygens (including phenoxy) is 1. The van der Waals surface area contributed by atoms with Crippen molar-refractivity contribution in [2.24, 2.45) is 5.92 Å². The van der Waals surface area contributed by atoms with Gasteiger partial charge in [-0.2, -0.15) is 0 Å². The summed E-state index contributed by atoms with van der Waals surface area (Å²) in [5.74, 6) is 1.18. The van der Waals surface area contributed by atoms with E-state index in [4.69, 9.17) is 16.3 Å². The molecule has 3 rings (SSSR count). The predicted molar refractivity (Wildman–Crippen MR) is 90.1 cm³/mol. The van der Waals surface area contributed by atoms with Gasteiger partial charge in [0, 0.05) is 25.1 Å². The Labute approximate surface area is 150 Å². The highest BCUT2D eigenvalue weighted by molar-refractivity contribution is 6.28. The van der Waals surface area contributed by atoms with Crippen molar-refractivity contribution in [3.8, 4) is 5.88 Å². The molecule has 1 aliphatic rings. The van der Waals surface area contributed by atoms with Crippen LogP contribution in [0.5, 0.6) is 5.88 Å². The van der Waals surface area contributed by atoms with Gasteiger partial charge >= 0.3 is 0 Å². The number of methoxy groups -OCH3 is 1. The average molecular weight is 366 g/mol. The number of aryl methyl sites for hydroxylation is 1. The largest absolute Gasteiger partial charge is 0.481 e. The average Bonchev–Trinajstić information content (AvgIpc) is 3.01. The molecule has 0 bridgehead atoms. The quantitative estimate of drug-likeness (QED) is 0.684. The highest BCUT2D eigenvalue weighted by atomic mass is 35.5. The molecule has 0 aromatic carbocycles. The molecule has 0 saturated heterocycles. The number of hydrogen-bond acceptors (Lipinski definition) is 6. The van der Waals surface area contributed by atoms with Crippen molar-refractivity contribution < 1.29 is 14.6 Å². The molecular formula is C16H20ClN5O3. The molecule has 0 radical (unpaired) electrons. The molecule has 0 aliphatic heterocycles. The third-order valence-electron chi connectivity index (χ3n) is 4.36. The Morgan fingerprint density at radius 2 is 2.32 bits per heavy atom. The summed E-state index contributed by atoms with van der Waals surface area (Å²) in [5, 5.41) is 19.2. The van der Waals surface area contributed by atoms with E-state index in [2.05, 4.69) is 25.5 Å². The maximum Gasteiger partial charge on any atom is 0.242 e. The number of aromatic amines is 1. The molecule has 0 spiro atoms. The molecule has 1 fully saturated rings. The second kappa shape index (κ2) is 7.79. The first-order chi connectivity index (χ1) is 12.0. The summed E-state index contributed by atoms with van der Waals surface area (Å²) >= 11 is 5.65. The van der Waals surface area contributed by atoms with Crippen LogP contribution in [-0.2, 0) is 11.2 Å². The van der Waals surface area contributed by atoms with E-state index in [9.17, 15) is 9.90 Å². The number of carbonyl (C=O) groups is 1. The molecule has 0 unspecified atom stereocenters. The second-order valence-corrected chi connectivity index (χ2v) is 6.45. The maximum absolute atomic E-state index is 12.3.